The topological polar surface area (TPSA) is 9.49 Å². The Hall–Kier alpha value is -0.945. The normalized spacial score (nSPS) is 10.7. The SMILES string of the molecule is CCCCN(CC)C(N(CC)CCCC)=[N+](C)C.F[B-](F)(F)F. The second kappa shape index (κ2) is 13.5. The molecule has 0 aromatic carbocycles. The molecule has 0 aromatic heterocycles. The third-order valence-electron chi connectivity index (χ3n) is 3.29. The van der Waals surface area contributed by atoms with Crippen molar-refractivity contribution in [2.24, 2.45) is 0 Å². The van der Waals surface area contributed by atoms with Crippen LogP contribution in [0.2, 0.25) is 0 Å². The molecule has 0 aliphatic carbocycles. The minimum Gasteiger partial charge on any atom is -0.418 e. The van der Waals surface area contributed by atoms with Crippen LogP contribution < -0.4 is 0 Å². The molecule has 0 N–H and O–H groups in total. The summed E-state index contributed by atoms with van der Waals surface area (Å²) in [5, 5.41) is 0. The Kier molecular flexibility index (Phi) is 14.3. The van der Waals surface area contributed by atoms with Gasteiger partial charge in [0.25, 0.3) is 0 Å². The average Bonchev–Trinajstić information content (AvgIpc) is 2.43. The van der Waals surface area contributed by atoms with Crippen LogP contribution in [0, 0.1) is 0 Å². The van der Waals surface area contributed by atoms with Gasteiger partial charge in [-0.1, -0.05) is 26.7 Å². The molecule has 3 nitrogen and oxygen atoms in total. The van der Waals surface area contributed by atoms with Crippen LogP contribution in [0.3, 0.4) is 0 Å². The summed E-state index contributed by atoms with van der Waals surface area (Å²) in [6.07, 6.45) is 5.07. The van der Waals surface area contributed by atoms with Crippen LogP contribution in [-0.4, -0.2) is 67.9 Å². The zero-order valence-electron chi connectivity index (χ0n) is 15.6. The van der Waals surface area contributed by atoms with Gasteiger partial charge in [0.15, 0.2) is 0 Å². The van der Waals surface area contributed by atoms with Gasteiger partial charge in [0, 0.05) is 0 Å². The van der Waals surface area contributed by atoms with Crippen LogP contribution in [0.4, 0.5) is 17.3 Å². The first-order valence-electron chi connectivity index (χ1n) is 8.53. The fraction of sp³-hybridized carbons (Fsp3) is 0.933. The van der Waals surface area contributed by atoms with Gasteiger partial charge in [0.05, 0.1) is 40.3 Å². The summed E-state index contributed by atoms with van der Waals surface area (Å²) in [5.74, 6) is 1.39. The van der Waals surface area contributed by atoms with Gasteiger partial charge in [-0.15, -0.1) is 0 Å². The molecule has 0 amide bonds. The van der Waals surface area contributed by atoms with Crippen molar-refractivity contribution < 1.29 is 21.8 Å². The molecule has 0 bridgehead atoms. The van der Waals surface area contributed by atoms with Gasteiger partial charge in [-0.3, -0.25) is 14.4 Å². The van der Waals surface area contributed by atoms with Crippen molar-refractivity contribution in [1.82, 2.24) is 9.80 Å². The largest absolute Gasteiger partial charge is 0.673 e. The number of guanidine groups is 1. The van der Waals surface area contributed by atoms with Gasteiger partial charge in [-0.25, -0.2) is 0 Å². The maximum absolute atomic E-state index is 9.75. The number of rotatable bonds is 8. The van der Waals surface area contributed by atoms with Crippen molar-refractivity contribution in [2.45, 2.75) is 53.4 Å². The van der Waals surface area contributed by atoms with Gasteiger partial charge < -0.3 is 17.3 Å². The molecular weight excluding hydrogens is 309 g/mol. The van der Waals surface area contributed by atoms with E-state index in [0.29, 0.717) is 0 Å². The number of unbranched alkanes of at least 4 members (excludes halogenated alkanes) is 2. The molecule has 0 spiro atoms. The second-order valence-electron chi connectivity index (χ2n) is 5.56. The van der Waals surface area contributed by atoms with E-state index < -0.39 is 7.25 Å². The quantitative estimate of drug-likeness (QED) is 0.215. The number of hydrogen-bond acceptors (Lipinski definition) is 0. The van der Waals surface area contributed by atoms with Gasteiger partial charge in [0.1, 0.15) is 0 Å². The zero-order valence-corrected chi connectivity index (χ0v) is 15.6. The van der Waals surface area contributed by atoms with Crippen molar-refractivity contribution in [2.75, 3.05) is 40.3 Å². The van der Waals surface area contributed by atoms with E-state index in [1.807, 2.05) is 0 Å². The highest BCUT2D eigenvalue weighted by molar-refractivity contribution is 6.50. The Labute approximate surface area is 139 Å². The van der Waals surface area contributed by atoms with Gasteiger partial charge in [-0.2, -0.15) is 0 Å². The Morgan fingerprint density at radius 2 is 1.09 bits per heavy atom. The minimum atomic E-state index is -6.00. The molecule has 0 aromatic rings. The number of nitrogens with zero attached hydrogens (tertiary/aromatic N) is 3. The lowest BCUT2D eigenvalue weighted by Gasteiger charge is -2.28. The van der Waals surface area contributed by atoms with Crippen molar-refractivity contribution >= 4 is 13.2 Å². The Balaban J connectivity index is 0. The Bertz CT molecular complexity index is 294. The smallest absolute Gasteiger partial charge is 0.418 e. The number of halogens is 4. The van der Waals surface area contributed by atoms with Gasteiger partial charge in [-0.05, 0) is 26.7 Å². The highest BCUT2D eigenvalue weighted by Gasteiger charge is 2.24. The molecule has 0 radical (unpaired) electrons. The van der Waals surface area contributed by atoms with E-state index in [2.05, 4.69) is 56.2 Å². The van der Waals surface area contributed by atoms with Crippen LogP contribution in [0.1, 0.15) is 53.4 Å². The van der Waals surface area contributed by atoms with E-state index in [-0.39, 0.29) is 0 Å². The third kappa shape index (κ3) is 14.4. The molecule has 0 atom stereocenters. The summed E-state index contributed by atoms with van der Waals surface area (Å²) in [5.41, 5.74) is 0. The Morgan fingerprint density at radius 3 is 1.26 bits per heavy atom. The van der Waals surface area contributed by atoms with Crippen LogP contribution in [-0.2, 0) is 0 Å². The van der Waals surface area contributed by atoms with E-state index in [1.54, 1.807) is 0 Å². The lowest BCUT2D eigenvalue weighted by molar-refractivity contribution is -0.476. The highest BCUT2D eigenvalue weighted by Crippen LogP contribution is 2.06. The van der Waals surface area contributed by atoms with Crippen molar-refractivity contribution in [1.29, 1.82) is 0 Å². The van der Waals surface area contributed by atoms with Crippen LogP contribution in [0.25, 0.3) is 0 Å². The summed E-state index contributed by atoms with van der Waals surface area (Å²) in [7, 11) is -1.67. The summed E-state index contributed by atoms with van der Waals surface area (Å²) < 4.78 is 41.3. The predicted octanol–water partition coefficient (Wildman–Crippen LogP) is 4.16. The fourth-order valence-corrected chi connectivity index (χ4v) is 2.26. The maximum atomic E-state index is 9.75. The highest BCUT2D eigenvalue weighted by atomic mass is 19.5. The van der Waals surface area contributed by atoms with Crippen molar-refractivity contribution in [3.8, 4) is 0 Å². The molecular formula is C15H34BF4N3. The summed E-state index contributed by atoms with van der Waals surface area (Å²) in [4.78, 5) is 5.03. The third-order valence-corrected chi connectivity index (χ3v) is 3.29. The summed E-state index contributed by atoms with van der Waals surface area (Å²) in [6.45, 7) is 13.6. The molecule has 23 heavy (non-hydrogen) atoms. The molecule has 8 heteroatoms. The Morgan fingerprint density at radius 1 is 0.783 bits per heavy atom. The van der Waals surface area contributed by atoms with E-state index in [9.17, 15) is 17.3 Å². The second-order valence-corrected chi connectivity index (χ2v) is 5.56. The lowest BCUT2D eigenvalue weighted by Crippen LogP contribution is -2.49. The van der Waals surface area contributed by atoms with E-state index in [0.717, 1.165) is 13.1 Å². The zero-order chi connectivity index (χ0) is 18.5. The fourth-order valence-electron chi connectivity index (χ4n) is 2.26. The molecule has 140 valence electrons. The number of hydrogen-bond donors (Lipinski definition) is 0. The standard InChI is InChI=1S/C15H34N3.BF4/c1-7-11-13-17(9-3)15(16(5)6)18(10-4)14-12-8-2;2-1(3,4)5/h7-14H2,1-6H3;/q+1;-1. The molecule has 0 unspecified atom stereocenters. The molecule has 0 saturated carbocycles. The monoisotopic (exact) mass is 343 g/mol. The average molecular weight is 343 g/mol. The molecule has 0 fully saturated rings. The molecule has 0 rings (SSSR count). The van der Waals surface area contributed by atoms with Crippen LogP contribution >= 0.6 is 0 Å². The first-order valence-corrected chi connectivity index (χ1v) is 8.53. The first kappa shape index (κ1) is 24.3. The van der Waals surface area contributed by atoms with Crippen LogP contribution in [0.5, 0.6) is 0 Å². The summed E-state index contributed by atoms with van der Waals surface area (Å²) in [6, 6.07) is 0. The van der Waals surface area contributed by atoms with E-state index >= 15 is 0 Å². The van der Waals surface area contributed by atoms with Crippen molar-refractivity contribution in [3.05, 3.63) is 0 Å². The summed E-state index contributed by atoms with van der Waals surface area (Å²) >= 11 is 0. The maximum Gasteiger partial charge on any atom is 0.673 e. The van der Waals surface area contributed by atoms with E-state index in [1.165, 1.54) is 44.7 Å². The van der Waals surface area contributed by atoms with E-state index in [4.69, 9.17) is 0 Å². The molecule has 0 aliphatic heterocycles. The first-order chi connectivity index (χ1) is 10.6. The molecule has 0 aliphatic rings. The minimum absolute atomic E-state index is 1.09. The molecule has 0 saturated heterocycles. The lowest BCUT2D eigenvalue weighted by atomic mass is 10.3. The van der Waals surface area contributed by atoms with Gasteiger partial charge in [0.2, 0.25) is 0 Å². The van der Waals surface area contributed by atoms with Crippen molar-refractivity contribution in [3.63, 3.8) is 0 Å². The molecule has 0 heterocycles. The predicted molar refractivity (Wildman–Crippen MR) is 91.6 cm³/mol. The van der Waals surface area contributed by atoms with Gasteiger partial charge >= 0.3 is 13.2 Å². The van der Waals surface area contributed by atoms with Crippen LogP contribution in [0.15, 0.2) is 0 Å².